The predicted molar refractivity (Wildman–Crippen MR) is 110 cm³/mol. The number of hydrogen-bond donors (Lipinski definition) is 2. The van der Waals surface area contributed by atoms with E-state index in [1.165, 1.54) is 0 Å². The van der Waals surface area contributed by atoms with Crippen LogP contribution in [0.5, 0.6) is 5.75 Å². The fourth-order valence-electron chi connectivity index (χ4n) is 2.29. The molecule has 1 fully saturated rings. The Labute approximate surface area is 170 Å². The van der Waals surface area contributed by atoms with Crippen molar-refractivity contribution in [3.05, 3.63) is 70.6 Å². The normalized spacial score (nSPS) is 15.0. The minimum atomic E-state index is -0.565. The zero-order valence-corrected chi connectivity index (χ0v) is 16.1. The van der Waals surface area contributed by atoms with Crippen molar-refractivity contribution < 1.29 is 19.1 Å². The summed E-state index contributed by atoms with van der Waals surface area (Å²) in [6.07, 6.45) is 1.66. The molecule has 0 aliphatic carbocycles. The minimum Gasteiger partial charge on any atom is -0.484 e. The molecule has 2 aromatic carbocycles. The third-order valence-corrected chi connectivity index (χ3v) is 4.90. The molecule has 1 heterocycles. The lowest BCUT2D eigenvalue weighted by Gasteiger charge is -2.15. The van der Waals surface area contributed by atoms with Gasteiger partial charge >= 0.3 is 0 Å². The summed E-state index contributed by atoms with van der Waals surface area (Å²) in [5.74, 6) is -0.911. The number of nitrogens with one attached hydrogen (secondary N) is 1. The lowest BCUT2D eigenvalue weighted by molar-refractivity contribution is -0.123. The van der Waals surface area contributed by atoms with Crippen LogP contribution in [0.3, 0.4) is 0 Å². The van der Waals surface area contributed by atoms with Gasteiger partial charge in [-0.2, -0.15) is 5.01 Å². The van der Waals surface area contributed by atoms with E-state index >= 15 is 0 Å². The van der Waals surface area contributed by atoms with Gasteiger partial charge in [0.25, 0.3) is 17.7 Å². The summed E-state index contributed by atoms with van der Waals surface area (Å²) in [5.41, 5.74) is 8.72. The first-order chi connectivity index (χ1) is 13.4. The van der Waals surface area contributed by atoms with E-state index < -0.39 is 17.7 Å². The number of primary amides is 1. The number of nitrogens with two attached hydrogens (primary N) is 1. The van der Waals surface area contributed by atoms with Crippen LogP contribution < -0.4 is 15.9 Å². The van der Waals surface area contributed by atoms with Crippen LogP contribution in [0.15, 0.2) is 59.5 Å². The van der Waals surface area contributed by atoms with Gasteiger partial charge in [0.1, 0.15) is 5.75 Å². The maximum absolute atomic E-state index is 12.6. The molecule has 3 N–H and O–H groups in total. The number of carbonyl (C=O) groups excluding carboxylic acids is 3. The lowest BCUT2D eigenvalue weighted by Crippen LogP contribution is -2.44. The fourth-order valence-corrected chi connectivity index (χ4v) is 3.47. The molecule has 2 aromatic rings. The summed E-state index contributed by atoms with van der Waals surface area (Å²) in [4.78, 5) is 36.0. The van der Waals surface area contributed by atoms with Gasteiger partial charge in [0.15, 0.2) is 10.9 Å². The summed E-state index contributed by atoms with van der Waals surface area (Å²) in [5, 5.41) is 1.06. The Balaban J connectivity index is 1.68. The van der Waals surface area contributed by atoms with E-state index in [2.05, 4.69) is 5.43 Å². The Morgan fingerprint density at radius 3 is 2.46 bits per heavy atom. The van der Waals surface area contributed by atoms with Gasteiger partial charge in [-0.1, -0.05) is 42.1 Å². The molecule has 28 heavy (non-hydrogen) atoms. The summed E-state index contributed by atoms with van der Waals surface area (Å²) in [7, 11) is 0. The van der Waals surface area contributed by atoms with E-state index in [1.807, 2.05) is 0 Å². The standard InChI is InChI=1S/C19H15N3O4S2/c20-16(23)11-26-14-8-6-12(7-9-14)10-15-18(25)22(19(27)28-15)21-17(24)13-4-2-1-3-5-13/h1-10H,11H2,(H2,20,23)(H,21,24)/b15-10-. The molecule has 1 aliphatic rings. The van der Waals surface area contributed by atoms with Crippen molar-refractivity contribution in [3.63, 3.8) is 0 Å². The highest BCUT2D eigenvalue weighted by Gasteiger charge is 2.33. The number of amides is 3. The first-order valence-corrected chi connectivity index (χ1v) is 9.31. The van der Waals surface area contributed by atoms with E-state index in [-0.39, 0.29) is 10.9 Å². The maximum atomic E-state index is 12.6. The highest BCUT2D eigenvalue weighted by atomic mass is 32.2. The molecule has 0 spiro atoms. The Hall–Kier alpha value is -3.17. The average Bonchev–Trinajstić information content (AvgIpc) is 2.95. The number of carbonyl (C=O) groups is 3. The second-order valence-corrected chi connectivity index (χ2v) is 7.32. The third kappa shape index (κ3) is 4.76. The first kappa shape index (κ1) is 19.6. The Kier molecular flexibility index (Phi) is 6.07. The SMILES string of the molecule is NC(=O)COc1ccc(/C=C2\SC(=S)N(NC(=O)c3ccccc3)C2=O)cc1. The summed E-state index contributed by atoms with van der Waals surface area (Å²) < 4.78 is 5.43. The molecule has 1 aliphatic heterocycles. The molecule has 3 rings (SSSR count). The predicted octanol–water partition coefficient (Wildman–Crippen LogP) is 2.10. The molecule has 0 unspecified atom stereocenters. The zero-order valence-electron chi connectivity index (χ0n) is 14.5. The van der Waals surface area contributed by atoms with Crippen molar-refractivity contribution in [2.75, 3.05) is 6.61 Å². The number of thiocarbonyl (C=S) groups is 1. The summed E-state index contributed by atoms with van der Waals surface area (Å²) >= 11 is 6.30. The quantitative estimate of drug-likeness (QED) is 0.556. The zero-order chi connectivity index (χ0) is 20.1. The fraction of sp³-hybridized carbons (Fsp3) is 0.0526. The van der Waals surface area contributed by atoms with Crippen molar-refractivity contribution in [2.45, 2.75) is 0 Å². The summed E-state index contributed by atoms with van der Waals surface area (Å²) in [6.45, 7) is -0.209. The van der Waals surface area contributed by atoms with Crippen LogP contribution in [0, 0.1) is 0 Å². The molecule has 9 heteroatoms. The van der Waals surface area contributed by atoms with Crippen LogP contribution >= 0.6 is 24.0 Å². The van der Waals surface area contributed by atoms with Gasteiger partial charge in [-0.15, -0.1) is 0 Å². The van der Waals surface area contributed by atoms with Crippen molar-refractivity contribution >= 4 is 52.1 Å². The molecule has 3 amide bonds. The van der Waals surface area contributed by atoms with E-state index in [4.69, 9.17) is 22.7 Å². The smallest absolute Gasteiger partial charge is 0.285 e. The number of rotatable bonds is 6. The van der Waals surface area contributed by atoms with Crippen LogP contribution in [-0.2, 0) is 9.59 Å². The molecular weight excluding hydrogens is 398 g/mol. The number of benzene rings is 2. The van der Waals surface area contributed by atoms with Gasteiger partial charge in [-0.05, 0) is 48.1 Å². The molecular formula is C19H15N3O4S2. The molecule has 0 radical (unpaired) electrons. The largest absolute Gasteiger partial charge is 0.484 e. The van der Waals surface area contributed by atoms with E-state index in [9.17, 15) is 14.4 Å². The van der Waals surface area contributed by atoms with E-state index in [1.54, 1.807) is 60.7 Å². The Bertz CT molecular complexity index is 959. The molecule has 0 saturated carbocycles. The molecule has 0 atom stereocenters. The van der Waals surface area contributed by atoms with Gasteiger partial charge in [0.2, 0.25) is 0 Å². The first-order valence-electron chi connectivity index (χ1n) is 8.09. The Morgan fingerprint density at radius 1 is 1.14 bits per heavy atom. The van der Waals surface area contributed by atoms with Crippen molar-refractivity contribution in [1.29, 1.82) is 0 Å². The van der Waals surface area contributed by atoms with E-state index in [0.29, 0.717) is 16.2 Å². The molecule has 142 valence electrons. The topological polar surface area (TPSA) is 102 Å². The molecule has 7 nitrogen and oxygen atoms in total. The number of nitrogens with zero attached hydrogens (tertiary/aromatic N) is 1. The molecule has 0 bridgehead atoms. The van der Waals surface area contributed by atoms with E-state index in [0.717, 1.165) is 22.3 Å². The second kappa shape index (κ2) is 8.68. The van der Waals surface area contributed by atoms with Crippen molar-refractivity contribution in [2.24, 2.45) is 5.73 Å². The van der Waals surface area contributed by atoms with Gasteiger partial charge < -0.3 is 10.5 Å². The van der Waals surface area contributed by atoms with Crippen LogP contribution in [0.25, 0.3) is 6.08 Å². The van der Waals surface area contributed by atoms with Gasteiger partial charge in [-0.3, -0.25) is 19.8 Å². The minimum absolute atomic E-state index is 0.209. The molecule has 0 aromatic heterocycles. The maximum Gasteiger partial charge on any atom is 0.285 e. The number of hydrazine groups is 1. The highest BCUT2D eigenvalue weighted by molar-refractivity contribution is 8.26. The van der Waals surface area contributed by atoms with Crippen molar-refractivity contribution in [1.82, 2.24) is 10.4 Å². The lowest BCUT2D eigenvalue weighted by atomic mass is 10.2. The second-order valence-electron chi connectivity index (χ2n) is 5.65. The monoisotopic (exact) mass is 413 g/mol. The van der Waals surface area contributed by atoms with Crippen LogP contribution in [0.1, 0.15) is 15.9 Å². The van der Waals surface area contributed by atoms with Crippen molar-refractivity contribution in [3.8, 4) is 5.75 Å². The third-order valence-electron chi connectivity index (χ3n) is 3.60. The Morgan fingerprint density at radius 2 is 1.82 bits per heavy atom. The number of ether oxygens (including phenoxy) is 1. The number of thioether (sulfide) groups is 1. The summed E-state index contributed by atoms with van der Waals surface area (Å²) in [6, 6.07) is 15.3. The van der Waals surface area contributed by atoms with Gasteiger partial charge in [-0.25, -0.2) is 0 Å². The van der Waals surface area contributed by atoms with Crippen LogP contribution in [0.4, 0.5) is 0 Å². The van der Waals surface area contributed by atoms with Crippen LogP contribution in [0.2, 0.25) is 0 Å². The molecule has 1 saturated heterocycles. The van der Waals surface area contributed by atoms with Gasteiger partial charge in [0.05, 0.1) is 4.91 Å². The van der Waals surface area contributed by atoms with Gasteiger partial charge in [0, 0.05) is 5.56 Å². The van der Waals surface area contributed by atoms with Crippen LogP contribution in [-0.4, -0.2) is 33.7 Å². The average molecular weight is 413 g/mol. The number of hydrogen-bond acceptors (Lipinski definition) is 6. The highest BCUT2D eigenvalue weighted by Crippen LogP contribution is 2.31.